The number of nitrogens with one attached hydrogen (secondary N) is 1. The Bertz CT molecular complexity index is 1360. The van der Waals surface area contributed by atoms with Crippen LogP contribution >= 0.6 is 0 Å². The van der Waals surface area contributed by atoms with E-state index in [0.717, 1.165) is 4.68 Å². The number of amides is 1. The molecule has 0 aliphatic carbocycles. The highest BCUT2D eigenvalue weighted by atomic mass is 19.1. The summed E-state index contributed by atoms with van der Waals surface area (Å²) >= 11 is 0. The highest BCUT2D eigenvalue weighted by Crippen LogP contribution is 2.04. The summed E-state index contributed by atoms with van der Waals surface area (Å²) in [5.41, 5.74) is -0.180. The molecule has 0 fully saturated rings. The Hall–Kier alpha value is -4.41. The van der Waals surface area contributed by atoms with Crippen molar-refractivity contribution in [3.05, 3.63) is 105 Å². The van der Waals surface area contributed by atoms with Gasteiger partial charge in [0.05, 0.1) is 13.1 Å². The quantitative estimate of drug-likeness (QED) is 0.455. The van der Waals surface area contributed by atoms with E-state index in [0.29, 0.717) is 11.4 Å². The zero-order chi connectivity index (χ0) is 22.5. The van der Waals surface area contributed by atoms with Gasteiger partial charge in [-0.25, -0.2) is 18.4 Å². The van der Waals surface area contributed by atoms with Crippen LogP contribution in [0.2, 0.25) is 0 Å². The molecule has 10 nitrogen and oxygen atoms in total. The third kappa shape index (κ3) is 4.83. The molecular formula is C21H18FN7O3. The standard InChI is InChI=1S/C21H18FN7O3/c22-16-4-1-3-15(13-16)14-29-20(31)7-5-17(25-29)21(32)23-10-12-28-19(30)8-6-18(26-28)27-11-2-9-24-27/h1-9,11,13H,10,12,14H2,(H,23,32). The van der Waals surface area contributed by atoms with Gasteiger partial charge in [-0.05, 0) is 35.9 Å². The van der Waals surface area contributed by atoms with Crippen LogP contribution < -0.4 is 16.4 Å². The first-order valence-electron chi connectivity index (χ1n) is 9.68. The number of rotatable bonds is 7. The van der Waals surface area contributed by atoms with Crippen molar-refractivity contribution in [2.24, 2.45) is 0 Å². The molecule has 1 aromatic carbocycles. The molecule has 0 aliphatic heterocycles. The van der Waals surface area contributed by atoms with Gasteiger partial charge in [-0.15, -0.1) is 5.10 Å². The first-order valence-corrected chi connectivity index (χ1v) is 9.68. The number of carbonyl (C=O) groups is 1. The molecule has 0 bridgehead atoms. The predicted octanol–water partition coefficient (Wildman–Crippen LogP) is 0.603. The lowest BCUT2D eigenvalue weighted by Gasteiger charge is -2.09. The molecule has 162 valence electrons. The molecule has 11 heteroatoms. The molecule has 32 heavy (non-hydrogen) atoms. The molecule has 3 heterocycles. The summed E-state index contributed by atoms with van der Waals surface area (Å²) in [4.78, 5) is 36.6. The Morgan fingerprint density at radius 2 is 1.78 bits per heavy atom. The average molecular weight is 435 g/mol. The van der Waals surface area contributed by atoms with E-state index in [2.05, 4.69) is 20.6 Å². The molecule has 0 aliphatic rings. The van der Waals surface area contributed by atoms with Crippen molar-refractivity contribution < 1.29 is 9.18 Å². The van der Waals surface area contributed by atoms with Crippen LogP contribution in [0.15, 0.2) is 76.6 Å². The molecule has 4 aromatic rings. The molecule has 1 amide bonds. The Kier molecular flexibility index (Phi) is 5.97. The highest BCUT2D eigenvalue weighted by molar-refractivity contribution is 5.91. The van der Waals surface area contributed by atoms with Gasteiger partial charge in [0, 0.05) is 31.1 Å². The number of hydrogen-bond acceptors (Lipinski definition) is 6. The third-order valence-corrected chi connectivity index (χ3v) is 4.52. The van der Waals surface area contributed by atoms with Crippen molar-refractivity contribution in [2.45, 2.75) is 13.1 Å². The van der Waals surface area contributed by atoms with Crippen LogP contribution in [0.4, 0.5) is 4.39 Å². The summed E-state index contributed by atoms with van der Waals surface area (Å²) in [5.74, 6) is -0.480. The number of nitrogens with zero attached hydrogens (tertiary/aromatic N) is 6. The second-order valence-corrected chi connectivity index (χ2v) is 6.80. The lowest BCUT2D eigenvalue weighted by Crippen LogP contribution is -2.34. The van der Waals surface area contributed by atoms with Gasteiger partial charge in [0.2, 0.25) is 0 Å². The third-order valence-electron chi connectivity index (χ3n) is 4.52. The molecule has 0 unspecified atom stereocenters. The van der Waals surface area contributed by atoms with Crippen molar-refractivity contribution >= 4 is 5.91 Å². The minimum Gasteiger partial charge on any atom is -0.349 e. The van der Waals surface area contributed by atoms with E-state index >= 15 is 0 Å². The van der Waals surface area contributed by atoms with Crippen LogP contribution in [0.5, 0.6) is 0 Å². The summed E-state index contributed by atoms with van der Waals surface area (Å²) in [7, 11) is 0. The van der Waals surface area contributed by atoms with Gasteiger partial charge < -0.3 is 5.32 Å². The van der Waals surface area contributed by atoms with Gasteiger partial charge >= 0.3 is 0 Å². The smallest absolute Gasteiger partial charge is 0.271 e. The first kappa shape index (κ1) is 20.8. The molecule has 0 radical (unpaired) electrons. The average Bonchev–Trinajstić information content (AvgIpc) is 3.31. The van der Waals surface area contributed by atoms with E-state index < -0.39 is 17.3 Å². The van der Waals surface area contributed by atoms with Gasteiger partial charge in [0.15, 0.2) is 5.82 Å². The molecule has 3 aromatic heterocycles. The highest BCUT2D eigenvalue weighted by Gasteiger charge is 2.11. The summed E-state index contributed by atoms with van der Waals surface area (Å²) < 4.78 is 17.2. The van der Waals surface area contributed by atoms with Gasteiger partial charge in [-0.3, -0.25) is 14.4 Å². The van der Waals surface area contributed by atoms with Gasteiger partial charge in [0.25, 0.3) is 17.0 Å². The predicted molar refractivity (Wildman–Crippen MR) is 112 cm³/mol. The topological polar surface area (TPSA) is 117 Å². The van der Waals surface area contributed by atoms with Gasteiger partial charge in [-0.1, -0.05) is 12.1 Å². The first-order chi connectivity index (χ1) is 15.5. The van der Waals surface area contributed by atoms with Crippen molar-refractivity contribution in [2.75, 3.05) is 6.54 Å². The summed E-state index contributed by atoms with van der Waals surface area (Å²) in [6, 6.07) is 13.0. The van der Waals surface area contributed by atoms with E-state index in [1.807, 2.05) is 0 Å². The Balaban J connectivity index is 1.42. The Labute approximate surface area is 180 Å². The zero-order valence-electron chi connectivity index (χ0n) is 16.8. The van der Waals surface area contributed by atoms with Crippen LogP contribution in [0, 0.1) is 5.82 Å². The van der Waals surface area contributed by atoms with Crippen LogP contribution in [-0.4, -0.2) is 41.8 Å². The van der Waals surface area contributed by atoms with E-state index in [4.69, 9.17) is 0 Å². The fraction of sp³-hybridized carbons (Fsp3) is 0.143. The van der Waals surface area contributed by atoms with E-state index in [1.54, 1.807) is 30.6 Å². The van der Waals surface area contributed by atoms with Crippen LogP contribution in [0.3, 0.4) is 0 Å². The van der Waals surface area contributed by atoms with E-state index in [1.165, 1.54) is 45.8 Å². The summed E-state index contributed by atoms with van der Waals surface area (Å²) in [6.07, 6.45) is 3.29. The Morgan fingerprint density at radius 3 is 2.56 bits per heavy atom. The number of halogens is 1. The second-order valence-electron chi connectivity index (χ2n) is 6.80. The normalized spacial score (nSPS) is 10.8. The minimum absolute atomic E-state index is 0.0200. The number of hydrogen-bond donors (Lipinski definition) is 1. The minimum atomic E-state index is -0.519. The van der Waals surface area contributed by atoms with Crippen molar-refractivity contribution in [3.8, 4) is 5.82 Å². The monoisotopic (exact) mass is 435 g/mol. The molecule has 4 rings (SSSR count). The molecule has 0 spiro atoms. The van der Waals surface area contributed by atoms with Crippen LogP contribution in [0.1, 0.15) is 16.1 Å². The lowest BCUT2D eigenvalue weighted by atomic mass is 10.2. The maximum atomic E-state index is 13.4. The summed E-state index contributed by atoms with van der Waals surface area (Å²) in [6.45, 7) is 0.263. The van der Waals surface area contributed by atoms with Crippen LogP contribution in [0.25, 0.3) is 5.82 Å². The van der Waals surface area contributed by atoms with Gasteiger partial charge in [0.1, 0.15) is 11.5 Å². The maximum absolute atomic E-state index is 13.4. The molecular weight excluding hydrogens is 417 g/mol. The van der Waals surface area contributed by atoms with Crippen molar-refractivity contribution in [1.82, 2.24) is 34.7 Å². The zero-order valence-corrected chi connectivity index (χ0v) is 16.8. The van der Waals surface area contributed by atoms with Gasteiger partial charge in [-0.2, -0.15) is 10.2 Å². The fourth-order valence-electron chi connectivity index (χ4n) is 2.98. The Morgan fingerprint density at radius 1 is 0.969 bits per heavy atom. The largest absolute Gasteiger partial charge is 0.349 e. The second kappa shape index (κ2) is 9.16. The summed E-state index contributed by atoms with van der Waals surface area (Å²) in [5, 5.41) is 15.0. The maximum Gasteiger partial charge on any atom is 0.271 e. The SMILES string of the molecule is O=C(NCCn1nc(-n2cccn2)ccc1=O)c1ccc(=O)n(Cc2cccc(F)c2)n1. The van der Waals surface area contributed by atoms with Crippen molar-refractivity contribution in [3.63, 3.8) is 0 Å². The van der Waals surface area contributed by atoms with E-state index in [9.17, 15) is 18.8 Å². The van der Waals surface area contributed by atoms with Crippen LogP contribution in [-0.2, 0) is 13.1 Å². The molecule has 1 N–H and O–H groups in total. The molecule has 0 atom stereocenters. The lowest BCUT2D eigenvalue weighted by molar-refractivity contribution is 0.0944. The van der Waals surface area contributed by atoms with Crippen molar-refractivity contribution in [1.29, 1.82) is 0 Å². The number of aromatic nitrogens is 6. The fourth-order valence-corrected chi connectivity index (χ4v) is 2.98. The molecule has 0 saturated carbocycles. The number of benzene rings is 1. The molecule has 0 saturated heterocycles. The number of carbonyl (C=O) groups excluding carboxylic acids is 1. The van der Waals surface area contributed by atoms with E-state index in [-0.39, 0.29) is 30.9 Å².